The zero-order valence-corrected chi connectivity index (χ0v) is 7.96. The smallest absolute Gasteiger partial charge is 0.231 e. The summed E-state index contributed by atoms with van der Waals surface area (Å²) in [6, 6.07) is 3.74. The summed E-state index contributed by atoms with van der Waals surface area (Å²) in [4.78, 5) is 4.03. The molecule has 12 heavy (non-hydrogen) atoms. The third-order valence-electron chi connectivity index (χ3n) is 1.58. The molecule has 0 fully saturated rings. The minimum atomic E-state index is 0.582. The van der Waals surface area contributed by atoms with Crippen LogP contribution in [0.1, 0.15) is 0 Å². The summed E-state index contributed by atoms with van der Waals surface area (Å²) in [5, 5.41) is 0.881. The first-order valence-corrected chi connectivity index (χ1v) is 4.19. The monoisotopic (exact) mass is 227 g/mol. The maximum atomic E-state index is 5.27. The zero-order chi connectivity index (χ0) is 8.55. The van der Waals surface area contributed by atoms with E-state index in [4.69, 9.17) is 9.15 Å². The molecule has 0 aliphatic heterocycles. The third-order valence-corrected chi connectivity index (χ3v) is 2.11. The van der Waals surface area contributed by atoms with Gasteiger partial charge in [0.1, 0.15) is 0 Å². The number of halogens is 1. The highest BCUT2D eigenvalue weighted by Crippen LogP contribution is 2.35. The van der Waals surface area contributed by atoms with Crippen molar-refractivity contribution in [3.8, 4) is 5.75 Å². The standard InChI is InChI=1S/C8H6BrNO2/c1-11-6-5-3-2-4-10-8(5)12-7(6)9/h2-4H,1H3. The summed E-state index contributed by atoms with van der Waals surface area (Å²) in [5.41, 5.74) is 0.584. The number of fused-ring (bicyclic) bond motifs is 1. The van der Waals surface area contributed by atoms with Crippen molar-refractivity contribution in [3.05, 3.63) is 23.0 Å². The van der Waals surface area contributed by atoms with Gasteiger partial charge >= 0.3 is 0 Å². The summed E-state index contributed by atoms with van der Waals surface area (Å²) in [5.74, 6) is 0.693. The van der Waals surface area contributed by atoms with E-state index in [2.05, 4.69) is 20.9 Å². The molecule has 0 bridgehead atoms. The molecular formula is C8H6BrNO2. The molecule has 0 aromatic carbocycles. The number of methoxy groups -OCH3 is 1. The SMILES string of the molecule is COc1c(Br)oc2ncccc12. The Balaban J connectivity index is 2.81. The maximum absolute atomic E-state index is 5.27. The highest BCUT2D eigenvalue weighted by molar-refractivity contribution is 9.10. The third kappa shape index (κ3) is 0.992. The normalized spacial score (nSPS) is 10.5. The lowest BCUT2D eigenvalue weighted by Gasteiger charge is -1.93. The lowest BCUT2D eigenvalue weighted by molar-refractivity contribution is 0.403. The second-order valence-corrected chi connectivity index (χ2v) is 2.99. The molecule has 0 aliphatic carbocycles. The Morgan fingerprint density at radius 3 is 3.17 bits per heavy atom. The molecule has 0 radical (unpaired) electrons. The van der Waals surface area contributed by atoms with Gasteiger partial charge in [0, 0.05) is 6.20 Å². The van der Waals surface area contributed by atoms with Crippen LogP contribution in [-0.4, -0.2) is 12.1 Å². The summed E-state index contributed by atoms with van der Waals surface area (Å²) in [6.45, 7) is 0. The van der Waals surface area contributed by atoms with E-state index in [9.17, 15) is 0 Å². The van der Waals surface area contributed by atoms with Crippen LogP contribution in [0, 0.1) is 0 Å². The van der Waals surface area contributed by atoms with Crippen molar-refractivity contribution in [2.24, 2.45) is 0 Å². The molecule has 0 saturated heterocycles. The molecule has 0 unspecified atom stereocenters. The van der Waals surface area contributed by atoms with Gasteiger partial charge in [0.25, 0.3) is 0 Å². The first-order valence-electron chi connectivity index (χ1n) is 3.40. The highest BCUT2D eigenvalue weighted by Gasteiger charge is 2.11. The fraction of sp³-hybridized carbons (Fsp3) is 0.125. The second kappa shape index (κ2) is 2.79. The molecular weight excluding hydrogens is 222 g/mol. The summed E-state index contributed by atoms with van der Waals surface area (Å²) < 4.78 is 11.0. The van der Waals surface area contributed by atoms with Gasteiger partial charge in [-0.1, -0.05) is 0 Å². The van der Waals surface area contributed by atoms with Gasteiger partial charge in [0.2, 0.25) is 10.4 Å². The summed E-state index contributed by atoms with van der Waals surface area (Å²) >= 11 is 3.24. The van der Waals surface area contributed by atoms with Crippen molar-refractivity contribution in [2.45, 2.75) is 0 Å². The van der Waals surface area contributed by atoms with Crippen molar-refractivity contribution in [2.75, 3.05) is 7.11 Å². The van der Waals surface area contributed by atoms with Gasteiger partial charge in [0.15, 0.2) is 5.75 Å². The Hall–Kier alpha value is -1.03. The predicted octanol–water partition coefficient (Wildman–Crippen LogP) is 2.60. The van der Waals surface area contributed by atoms with Crippen LogP contribution in [-0.2, 0) is 0 Å². The lowest BCUT2D eigenvalue weighted by atomic mass is 10.3. The van der Waals surface area contributed by atoms with E-state index >= 15 is 0 Å². The molecule has 3 nitrogen and oxygen atoms in total. The van der Waals surface area contributed by atoms with Crippen LogP contribution in [0.5, 0.6) is 5.75 Å². The number of ether oxygens (including phenoxy) is 1. The number of nitrogens with zero attached hydrogens (tertiary/aromatic N) is 1. The average Bonchev–Trinajstić information content (AvgIpc) is 2.40. The van der Waals surface area contributed by atoms with Crippen molar-refractivity contribution in [1.29, 1.82) is 0 Å². The van der Waals surface area contributed by atoms with Gasteiger partial charge in [-0.2, -0.15) is 0 Å². The molecule has 2 aromatic rings. The van der Waals surface area contributed by atoms with Crippen LogP contribution in [0.3, 0.4) is 0 Å². The first kappa shape index (κ1) is 7.61. The Labute approximate surface area is 77.5 Å². The van der Waals surface area contributed by atoms with Crippen LogP contribution >= 0.6 is 15.9 Å². The van der Waals surface area contributed by atoms with Crippen LogP contribution in [0.4, 0.5) is 0 Å². The number of aromatic nitrogens is 1. The second-order valence-electron chi connectivity index (χ2n) is 2.27. The van der Waals surface area contributed by atoms with Crippen LogP contribution in [0.15, 0.2) is 27.4 Å². The van der Waals surface area contributed by atoms with Crippen molar-refractivity contribution < 1.29 is 9.15 Å². The molecule has 4 heteroatoms. The largest absolute Gasteiger partial charge is 0.492 e. The van der Waals surface area contributed by atoms with Crippen molar-refractivity contribution in [1.82, 2.24) is 4.98 Å². The van der Waals surface area contributed by atoms with Gasteiger partial charge < -0.3 is 9.15 Å². The minimum absolute atomic E-state index is 0.582. The van der Waals surface area contributed by atoms with E-state index in [1.54, 1.807) is 13.3 Å². The Bertz CT molecular complexity index is 410. The van der Waals surface area contributed by atoms with Gasteiger partial charge in [0.05, 0.1) is 12.5 Å². The quantitative estimate of drug-likeness (QED) is 0.752. The number of hydrogen-bond donors (Lipinski definition) is 0. The van der Waals surface area contributed by atoms with Crippen molar-refractivity contribution >= 4 is 27.0 Å². The Morgan fingerprint density at radius 1 is 1.58 bits per heavy atom. The highest BCUT2D eigenvalue weighted by atomic mass is 79.9. The molecule has 2 rings (SSSR count). The molecule has 2 aromatic heterocycles. The van der Waals surface area contributed by atoms with Crippen molar-refractivity contribution in [3.63, 3.8) is 0 Å². The fourth-order valence-electron chi connectivity index (χ4n) is 1.07. The average molecular weight is 228 g/mol. The molecule has 0 saturated carbocycles. The van der Waals surface area contributed by atoms with Gasteiger partial charge in [-0.15, -0.1) is 0 Å². The van der Waals surface area contributed by atoms with E-state index in [1.165, 1.54) is 0 Å². The molecule has 0 spiro atoms. The number of pyridine rings is 1. The fourth-order valence-corrected chi connectivity index (χ4v) is 1.60. The molecule has 0 amide bonds. The minimum Gasteiger partial charge on any atom is -0.492 e. The molecule has 0 atom stereocenters. The Kier molecular flexibility index (Phi) is 1.77. The van der Waals surface area contributed by atoms with Gasteiger partial charge in [-0.25, -0.2) is 4.98 Å². The van der Waals surface area contributed by atoms with Gasteiger partial charge in [-0.05, 0) is 28.1 Å². The molecule has 62 valence electrons. The maximum Gasteiger partial charge on any atom is 0.231 e. The van der Waals surface area contributed by atoms with Crippen LogP contribution in [0.25, 0.3) is 11.1 Å². The van der Waals surface area contributed by atoms with Gasteiger partial charge in [-0.3, -0.25) is 0 Å². The van der Waals surface area contributed by atoms with E-state index in [1.807, 2.05) is 12.1 Å². The first-order chi connectivity index (χ1) is 5.83. The molecule has 2 heterocycles. The molecule has 0 N–H and O–H groups in total. The predicted molar refractivity (Wildman–Crippen MR) is 48.3 cm³/mol. The lowest BCUT2D eigenvalue weighted by Crippen LogP contribution is -1.80. The number of furan rings is 1. The Morgan fingerprint density at radius 2 is 2.42 bits per heavy atom. The van der Waals surface area contributed by atoms with E-state index < -0.39 is 0 Å². The van der Waals surface area contributed by atoms with E-state index in [0.717, 1.165) is 5.39 Å². The number of rotatable bonds is 1. The van der Waals surface area contributed by atoms with Crippen LogP contribution in [0.2, 0.25) is 0 Å². The molecule has 0 aliphatic rings. The summed E-state index contributed by atoms with van der Waals surface area (Å²) in [7, 11) is 1.60. The topological polar surface area (TPSA) is 35.3 Å². The zero-order valence-electron chi connectivity index (χ0n) is 6.37. The summed E-state index contributed by atoms with van der Waals surface area (Å²) in [6.07, 6.45) is 1.68. The van der Waals surface area contributed by atoms with E-state index in [0.29, 0.717) is 16.1 Å². The number of hydrogen-bond acceptors (Lipinski definition) is 3. The van der Waals surface area contributed by atoms with Crippen LogP contribution < -0.4 is 4.74 Å². The van der Waals surface area contributed by atoms with E-state index in [-0.39, 0.29) is 0 Å².